The molecule has 1 aliphatic heterocycles. The quantitative estimate of drug-likeness (QED) is 0.0785. The standard InChI is InChI=1S/C31H45N2O12P/c1-8-11-12-13-17-32-31(37)33-24-14-15-25(20(4)19-24)44-30-29(43-23(7)36)28(42-22(6)35)27(41-21(5)34)26(45-30)16-18-46(38,39-9-2)40-10-3/h1,14-15,19,26-30H,9-13,16-18H2,2-7H3,(H2,32,33,37)/t26-,27-,28+,29+,30+/m1/s1. The Morgan fingerprint density at radius 2 is 1.54 bits per heavy atom. The third kappa shape index (κ3) is 12.6. The summed E-state index contributed by atoms with van der Waals surface area (Å²) >= 11 is 0. The molecular weight excluding hydrogens is 623 g/mol. The van der Waals surface area contributed by atoms with Gasteiger partial charge in [-0.05, 0) is 63.8 Å². The lowest BCUT2D eigenvalue weighted by Gasteiger charge is -2.44. The molecule has 15 heteroatoms. The Morgan fingerprint density at radius 1 is 0.935 bits per heavy atom. The molecule has 0 radical (unpaired) electrons. The number of carbonyl (C=O) groups excluding carboxylic acids is 4. The maximum Gasteiger partial charge on any atom is 0.330 e. The molecule has 1 heterocycles. The van der Waals surface area contributed by atoms with Gasteiger partial charge in [-0.3, -0.25) is 18.9 Å². The van der Waals surface area contributed by atoms with Crippen LogP contribution in [-0.2, 0) is 46.9 Å². The van der Waals surface area contributed by atoms with Gasteiger partial charge < -0.3 is 43.4 Å². The minimum absolute atomic E-state index is 0.0284. The number of amides is 2. The molecular formula is C31H45N2O12P. The average molecular weight is 669 g/mol. The summed E-state index contributed by atoms with van der Waals surface area (Å²) in [5, 5.41) is 5.51. The maximum atomic E-state index is 13.2. The van der Waals surface area contributed by atoms with Gasteiger partial charge in [0.1, 0.15) is 11.9 Å². The predicted molar refractivity (Wildman–Crippen MR) is 167 cm³/mol. The van der Waals surface area contributed by atoms with Crippen LogP contribution in [0, 0.1) is 19.3 Å². The number of urea groups is 1. The molecule has 1 aromatic carbocycles. The van der Waals surface area contributed by atoms with Crippen molar-refractivity contribution in [3.05, 3.63) is 23.8 Å². The van der Waals surface area contributed by atoms with E-state index in [9.17, 15) is 23.7 Å². The number of ether oxygens (including phenoxy) is 5. The number of carbonyl (C=O) groups is 4. The van der Waals surface area contributed by atoms with E-state index in [-0.39, 0.29) is 31.8 Å². The van der Waals surface area contributed by atoms with Crippen LogP contribution in [0.5, 0.6) is 5.75 Å². The lowest BCUT2D eigenvalue weighted by atomic mass is 9.96. The van der Waals surface area contributed by atoms with E-state index >= 15 is 0 Å². The van der Waals surface area contributed by atoms with Crippen molar-refractivity contribution in [3.8, 4) is 18.1 Å². The summed E-state index contributed by atoms with van der Waals surface area (Å²) < 4.78 is 53.0. The van der Waals surface area contributed by atoms with Crippen molar-refractivity contribution in [3.63, 3.8) is 0 Å². The third-order valence-electron chi connectivity index (χ3n) is 6.55. The molecule has 0 spiro atoms. The third-order valence-corrected chi connectivity index (χ3v) is 8.65. The van der Waals surface area contributed by atoms with Crippen molar-refractivity contribution >= 4 is 37.2 Å². The normalized spacial score (nSPS) is 20.9. The minimum Gasteiger partial charge on any atom is -0.460 e. The first-order valence-corrected chi connectivity index (χ1v) is 16.9. The first kappa shape index (κ1) is 38.6. The van der Waals surface area contributed by atoms with Crippen molar-refractivity contribution in [1.29, 1.82) is 0 Å². The lowest BCUT2D eigenvalue weighted by Crippen LogP contribution is -2.62. The average Bonchev–Trinajstić information content (AvgIpc) is 2.96. The van der Waals surface area contributed by atoms with Crippen LogP contribution in [0.1, 0.15) is 65.9 Å². The Bertz CT molecular complexity index is 1270. The van der Waals surface area contributed by atoms with Gasteiger partial charge in [-0.25, -0.2) is 4.79 Å². The molecule has 46 heavy (non-hydrogen) atoms. The largest absolute Gasteiger partial charge is 0.460 e. The topological polar surface area (TPSA) is 174 Å². The van der Waals surface area contributed by atoms with Gasteiger partial charge >= 0.3 is 31.5 Å². The Hall–Kier alpha value is -3.63. The van der Waals surface area contributed by atoms with E-state index in [2.05, 4.69) is 16.6 Å². The number of hydrogen-bond donors (Lipinski definition) is 2. The number of aryl methyl sites for hydroxylation is 1. The second kappa shape index (κ2) is 19.1. The highest BCUT2D eigenvalue weighted by atomic mass is 31.2. The molecule has 1 fully saturated rings. The van der Waals surface area contributed by atoms with Gasteiger partial charge in [-0.15, -0.1) is 12.3 Å². The van der Waals surface area contributed by atoms with Crippen molar-refractivity contribution in [2.45, 2.75) is 97.9 Å². The van der Waals surface area contributed by atoms with Gasteiger partial charge in [0.2, 0.25) is 12.4 Å². The predicted octanol–water partition coefficient (Wildman–Crippen LogP) is 4.48. The molecule has 0 saturated carbocycles. The number of nitrogens with one attached hydrogen (secondary N) is 2. The Kier molecular flexibility index (Phi) is 16.0. The Morgan fingerprint density at radius 3 is 2.11 bits per heavy atom. The van der Waals surface area contributed by atoms with Crippen LogP contribution < -0.4 is 15.4 Å². The molecule has 1 aromatic rings. The van der Waals surface area contributed by atoms with Gasteiger partial charge in [0.25, 0.3) is 0 Å². The van der Waals surface area contributed by atoms with Crippen molar-refractivity contribution in [1.82, 2.24) is 5.32 Å². The van der Waals surface area contributed by atoms with E-state index in [1.807, 2.05) is 0 Å². The SMILES string of the molecule is C#CCCCCNC(=O)Nc1ccc(O[C@H]2O[C@H](CCP(=O)(OCC)OCC)[C@@H](OC(C)=O)[C@H](OC(C)=O)[C@@H]2OC(C)=O)c(C)c1. The van der Waals surface area contributed by atoms with Crippen LogP contribution in [0.25, 0.3) is 0 Å². The first-order chi connectivity index (χ1) is 21.8. The fraction of sp³-hybridized carbons (Fsp3) is 0.613. The summed E-state index contributed by atoms with van der Waals surface area (Å²) in [6, 6.07) is 4.46. The highest BCUT2D eigenvalue weighted by Gasteiger charge is 2.53. The van der Waals surface area contributed by atoms with Gasteiger partial charge in [0, 0.05) is 39.4 Å². The zero-order valence-corrected chi connectivity index (χ0v) is 28.1. The van der Waals surface area contributed by atoms with Crippen molar-refractivity contribution in [2.75, 3.05) is 31.2 Å². The summed E-state index contributed by atoms with van der Waals surface area (Å²) in [4.78, 5) is 48.9. The number of benzene rings is 1. The summed E-state index contributed by atoms with van der Waals surface area (Å²) in [5.74, 6) is 0.653. The molecule has 2 N–H and O–H groups in total. The molecule has 2 amide bonds. The smallest absolute Gasteiger partial charge is 0.330 e. The van der Waals surface area contributed by atoms with Crippen LogP contribution >= 0.6 is 7.60 Å². The van der Waals surface area contributed by atoms with Crippen LogP contribution in [0.4, 0.5) is 10.5 Å². The molecule has 0 bridgehead atoms. The van der Waals surface area contributed by atoms with Crippen molar-refractivity contribution in [2.24, 2.45) is 0 Å². The summed E-state index contributed by atoms with van der Waals surface area (Å²) in [5.41, 5.74) is 1.07. The van der Waals surface area contributed by atoms with Crippen LogP contribution in [0.15, 0.2) is 18.2 Å². The van der Waals surface area contributed by atoms with Crippen molar-refractivity contribution < 1.29 is 56.5 Å². The molecule has 2 rings (SSSR count). The lowest BCUT2D eigenvalue weighted by molar-refractivity contribution is -0.283. The Balaban J connectivity index is 2.37. The van der Waals surface area contributed by atoms with Crippen LogP contribution in [0.2, 0.25) is 0 Å². The monoisotopic (exact) mass is 668 g/mol. The fourth-order valence-corrected chi connectivity index (χ4v) is 6.43. The number of esters is 3. The van der Waals surface area contributed by atoms with E-state index in [1.165, 1.54) is 0 Å². The zero-order chi connectivity index (χ0) is 34.3. The van der Waals surface area contributed by atoms with E-state index in [4.69, 9.17) is 39.2 Å². The molecule has 5 atom stereocenters. The van der Waals surface area contributed by atoms with Gasteiger partial charge in [-0.1, -0.05) is 0 Å². The summed E-state index contributed by atoms with van der Waals surface area (Å²) in [6.07, 6.45) is 0.881. The van der Waals surface area contributed by atoms with E-state index in [0.29, 0.717) is 30.0 Å². The molecule has 0 aromatic heterocycles. The van der Waals surface area contributed by atoms with Crippen LogP contribution in [0.3, 0.4) is 0 Å². The zero-order valence-electron chi connectivity index (χ0n) is 27.2. The fourth-order valence-electron chi connectivity index (χ4n) is 4.74. The number of hydrogen-bond acceptors (Lipinski definition) is 12. The molecule has 1 saturated heterocycles. The highest BCUT2D eigenvalue weighted by molar-refractivity contribution is 7.53. The van der Waals surface area contributed by atoms with Crippen LogP contribution in [-0.4, -0.2) is 80.6 Å². The first-order valence-electron chi connectivity index (χ1n) is 15.1. The number of anilines is 1. The summed E-state index contributed by atoms with van der Waals surface area (Å²) in [6.45, 7) is 9.27. The number of rotatable bonds is 17. The number of unbranched alkanes of at least 4 members (excludes halogenated alkanes) is 2. The molecule has 0 aliphatic carbocycles. The van der Waals surface area contributed by atoms with E-state index in [0.717, 1.165) is 33.6 Å². The van der Waals surface area contributed by atoms with Gasteiger partial charge in [-0.2, -0.15) is 0 Å². The second-order valence-electron chi connectivity index (χ2n) is 10.4. The maximum absolute atomic E-state index is 13.2. The van der Waals surface area contributed by atoms with Gasteiger partial charge in [0.15, 0.2) is 12.2 Å². The van der Waals surface area contributed by atoms with Gasteiger partial charge in [0.05, 0.1) is 19.4 Å². The van der Waals surface area contributed by atoms with E-state index in [1.54, 1.807) is 39.0 Å². The Labute approximate surface area is 270 Å². The van der Waals surface area contributed by atoms with E-state index < -0.39 is 56.2 Å². The molecule has 256 valence electrons. The summed E-state index contributed by atoms with van der Waals surface area (Å²) in [7, 11) is -3.56. The minimum atomic E-state index is -3.56. The molecule has 14 nitrogen and oxygen atoms in total. The molecule has 1 aliphatic rings. The number of terminal acetylenes is 1. The second-order valence-corrected chi connectivity index (χ2v) is 12.5. The molecule has 0 unspecified atom stereocenters. The highest BCUT2D eigenvalue weighted by Crippen LogP contribution is 2.49.